The normalized spacial score (nSPS) is 13.0. The van der Waals surface area contributed by atoms with Crippen molar-refractivity contribution in [3.63, 3.8) is 0 Å². The fourth-order valence-electron chi connectivity index (χ4n) is 0.754. The Morgan fingerprint density at radius 3 is 2.60 bits per heavy atom. The molecular weight excluding hydrogens is 144 g/mol. The zero-order valence-electron chi connectivity index (χ0n) is 6.64. The van der Waals surface area contributed by atoms with E-state index in [1.807, 2.05) is 0 Å². The average Bonchev–Trinajstić information content (AvgIpc) is 1.98. The van der Waals surface area contributed by atoms with E-state index in [2.05, 4.69) is 13.5 Å². The minimum atomic E-state index is -0.767. The molecule has 0 radical (unpaired) electrons. The van der Waals surface area contributed by atoms with Crippen molar-refractivity contribution in [1.82, 2.24) is 0 Å². The van der Waals surface area contributed by atoms with Crippen LogP contribution in [-0.4, -0.2) is 10.3 Å². The van der Waals surface area contributed by atoms with Gasteiger partial charge in [0.1, 0.15) is 11.2 Å². The molecule has 1 nitrogen and oxygen atoms in total. The summed E-state index contributed by atoms with van der Waals surface area (Å²) in [6.07, 6.45) is 4.78. The van der Waals surface area contributed by atoms with E-state index in [9.17, 15) is 4.55 Å². The lowest BCUT2D eigenvalue weighted by molar-refractivity contribution is 0.596. The fourth-order valence-corrected chi connectivity index (χ4v) is 1.41. The zero-order chi connectivity index (χ0) is 7.82. The average molecular weight is 160 g/mol. The Labute approximate surface area is 66.7 Å². The molecule has 0 aromatic rings. The van der Waals surface area contributed by atoms with Crippen molar-refractivity contribution in [3.8, 4) is 0 Å². The van der Waals surface area contributed by atoms with E-state index in [1.54, 1.807) is 0 Å². The molecule has 0 aromatic heterocycles. The van der Waals surface area contributed by atoms with Gasteiger partial charge in [0.15, 0.2) is 0 Å². The highest BCUT2D eigenvalue weighted by molar-refractivity contribution is 7.94. The number of hydrogen-bond donors (Lipinski definition) is 0. The Bertz CT molecular complexity index is 83.3. The molecule has 0 saturated carbocycles. The van der Waals surface area contributed by atoms with Gasteiger partial charge < -0.3 is 4.55 Å². The van der Waals surface area contributed by atoms with E-state index in [0.717, 1.165) is 12.2 Å². The van der Waals surface area contributed by atoms with Crippen LogP contribution in [0.3, 0.4) is 0 Å². The minimum Gasteiger partial charge on any atom is -0.612 e. The first-order valence-electron chi connectivity index (χ1n) is 3.81. The Morgan fingerprint density at radius 1 is 1.40 bits per heavy atom. The van der Waals surface area contributed by atoms with Crippen LogP contribution in [0.1, 0.15) is 32.6 Å². The van der Waals surface area contributed by atoms with E-state index in [1.165, 1.54) is 24.7 Å². The predicted molar refractivity (Wildman–Crippen MR) is 47.3 cm³/mol. The fraction of sp³-hybridized carbons (Fsp3) is 0.750. The molecular formula is C8H16OS. The van der Waals surface area contributed by atoms with E-state index < -0.39 is 11.2 Å². The molecule has 1 atom stereocenters. The van der Waals surface area contributed by atoms with Crippen molar-refractivity contribution in [2.75, 3.05) is 5.75 Å². The molecule has 0 bridgehead atoms. The first-order valence-corrected chi connectivity index (χ1v) is 5.19. The summed E-state index contributed by atoms with van der Waals surface area (Å²) < 4.78 is 10.8. The molecule has 0 fully saturated rings. The van der Waals surface area contributed by atoms with Gasteiger partial charge in [-0.1, -0.05) is 26.3 Å². The summed E-state index contributed by atoms with van der Waals surface area (Å²) in [5, 5.41) is 1.52. The molecule has 0 rings (SSSR count). The lowest BCUT2D eigenvalue weighted by atomic mass is 10.2. The maximum absolute atomic E-state index is 10.8. The van der Waals surface area contributed by atoms with E-state index in [4.69, 9.17) is 0 Å². The highest BCUT2D eigenvalue weighted by Crippen LogP contribution is 2.02. The molecule has 0 heterocycles. The molecule has 0 aliphatic rings. The third-order valence-electron chi connectivity index (χ3n) is 1.38. The van der Waals surface area contributed by atoms with Gasteiger partial charge in [0.25, 0.3) is 0 Å². The highest BCUT2D eigenvalue weighted by atomic mass is 32.2. The first kappa shape index (κ1) is 10.0. The number of hydrogen-bond acceptors (Lipinski definition) is 1. The van der Waals surface area contributed by atoms with Crippen LogP contribution >= 0.6 is 0 Å². The van der Waals surface area contributed by atoms with Crippen LogP contribution in [0.15, 0.2) is 12.0 Å². The molecule has 0 aliphatic carbocycles. The third-order valence-corrected chi connectivity index (χ3v) is 2.45. The summed E-state index contributed by atoms with van der Waals surface area (Å²) in [5.74, 6) is 0.795. The number of rotatable bonds is 6. The first-order chi connectivity index (χ1) is 4.81. The monoisotopic (exact) mass is 160 g/mol. The molecule has 10 heavy (non-hydrogen) atoms. The largest absolute Gasteiger partial charge is 0.612 e. The van der Waals surface area contributed by atoms with Crippen LogP contribution in [0, 0.1) is 0 Å². The van der Waals surface area contributed by atoms with E-state index >= 15 is 0 Å². The standard InChI is InChI=1S/C8H16OS/c1-3-5-6-7-8-10(9)4-2/h4H,2-3,5-8H2,1H3. The molecule has 1 unspecified atom stereocenters. The van der Waals surface area contributed by atoms with Gasteiger partial charge in [0, 0.05) is 0 Å². The van der Waals surface area contributed by atoms with Gasteiger partial charge in [0.05, 0.1) is 0 Å². The topological polar surface area (TPSA) is 23.1 Å². The Hall–Kier alpha value is 0.0500. The second kappa shape index (κ2) is 7.16. The van der Waals surface area contributed by atoms with Gasteiger partial charge in [-0.05, 0) is 24.0 Å². The molecule has 0 saturated heterocycles. The van der Waals surface area contributed by atoms with Gasteiger partial charge in [-0.3, -0.25) is 0 Å². The molecule has 0 aliphatic heterocycles. The van der Waals surface area contributed by atoms with Crippen LogP contribution < -0.4 is 0 Å². The SMILES string of the molecule is C=C[S+]([O-])CCCCCC. The van der Waals surface area contributed by atoms with Gasteiger partial charge in [0.2, 0.25) is 0 Å². The summed E-state index contributed by atoms with van der Waals surface area (Å²) >= 11 is -0.767. The predicted octanol–water partition coefficient (Wildman–Crippen LogP) is 2.46. The van der Waals surface area contributed by atoms with Crippen molar-refractivity contribution in [3.05, 3.63) is 12.0 Å². The Kier molecular flexibility index (Phi) is 7.20. The van der Waals surface area contributed by atoms with Crippen molar-refractivity contribution < 1.29 is 4.55 Å². The maximum Gasteiger partial charge on any atom is 0.110 e. The molecule has 2 heteroatoms. The zero-order valence-corrected chi connectivity index (χ0v) is 7.45. The second-order valence-electron chi connectivity index (χ2n) is 2.31. The minimum absolute atomic E-state index is 0.767. The lowest BCUT2D eigenvalue weighted by Crippen LogP contribution is -2.00. The molecule has 60 valence electrons. The van der Waals surface area contributed by atoms with Crippen LogP contribution in [-0.2, 0) is 11.2 Å². The molecule has 0 amide bonds. The van der Waals surface area contributed by atoms with Crippen molar-refractivity contribution in [2.45, 2.75) is 32.6 Å². The summed E-state index contributed by atoms with van der Waals surface area (Å²) in [6, 6.07) is 0. The summed E-state index contributed by atoms with van der Waals surface area (Å²) in [4.78, 5) is 0. The van der Waals surface area contributed by atoms with Gasteiger partial charge in [-0.25, -0.2) is 0 Å². The number of unbranched alkanes of at least 4 members (excludes halogenated alkanes) is 3. The lowest BCUT2D eigenvalue weighted by Gasteiger charge is -2.03. The summed E-state index contributed by atoms with van der Waals surface area (Å²) in [5.41, 5.74) is 0. The molecule has 0 spiro atoms. The molecule has 0 aromatic carbocycles. The molecule has 0 N–H and O–H groups in total. The van der Waals surface area contributed by atoms with E-state index in [0.29, 0.717) is 0 Å². The Balaban J connectivity index is 2.95. The summed E-state index contributed by atoms with van der Waals surface area (Å²) in [6.45, 7) is 5.63. The van der Waals surface area contributed by atoms with Crippen LogP contribution in [0.5, 0.6) is 0 Å². The smallest absolute Gasteiger partial charge is 0.110 e. The van der Waals surface area contributed by atoms with Crippen molar-refractivity contribution >= 4 is 11.2 Å². The van der Waals surface area contributed by atoms with Gasteiger partial charge in [-0.2, -0.15) is 0 Å². The highest BCUT2D eigenvalue weighted by Gasteiger charge is 1.97. The van der Waals surface area contributed by atoms with Gasteiger partial charge >= 0.3 is 0 Å². The maximum atomic E-state index is 10.8. The summed E-state index contributed by atoms with van der Waals surface area (Å²) in [7, 11) is 0. The van der Waals surface area contributed by atoms with Crippen LogP contribution in [0.25, 0.3) is 0 Å². The van der Waals surface area contributed by atoms with Crippen LogP contribution in [0.4, 0.5) is 0 Å². The van der Waals surface area contributed by atoms with Crippen molar-refractivity contribution in [2.24, 2.45) is 0 Å². The third kappa shape index (κ3) is 6.17. The quantitative estimate of drug-likeness (QED) is 0.432. The van der Waals surface area contributed by atoms with Crippen LogP contribution in [0.2, 0.25) is 0 Å². The van der Waals surface area contributed by atoms with E-state index in [-0.39, 0.29) is 0 Å². The van der Waals surface area contributed by atoms with Crippen molar-refractivity contribution in [1.29, 1.82) is 0 Å². The second-order valence-corrected chi connectivity index (χ2v) is 3.82. The van der Waals surface area contributed by atoms with Gasteiger partial charge in [-0.15, -0.1) is 0 Å². The Morgan fingerprint density at radius 2 is 2.10 bits per heavy atom.